The molecule has 1 aromatic rings. The number of nitrogens with zero attached hydrogens (tertiary/aromatic N) is 2. The van der Waals surface area contributed by atoms with Crippen LogP contribution in [0.5, 0.6) is 0 Å². The van der Waals surface area contributed by atoms with Crippen LogP contribution in [-0.4, -0.2) is 21.5 Å². The van der Waals surface area contributed by atoms with Crippen molar-refractivity contribution < 1.29 is 0 Å². The molecule has 0 amide bonds. The maximum atomic E-state index is 11.9. The lowest BCUT2D eigenvalue weighted by molar-refractivity contribution is 0.698. The molecule has 5 heteroatoms. The SMILES string of the molecule is CC(Cl)CCNc1nccn(C2CC2)c1=O. The summed E-state index contributed by atoms with van der Waals surface area (Å²) in [7, 11) is 0. The fourth-order valence-electron chi connectivity index (χ4n) is 1.58. The van der Waals surface area contributed by atoms with E-state index in [4.69, 9.17) is 11.6 Å². The number of alkyl halides is 1. The Labute approximate surface area is 99.6 Å². The fraction of sp³-hybridized carbons (Fsp3) is 0.636. The Morgan fingerprint density at radius 1 is 1.69 bits per heavy atom. The van der Waals surface area contributed by atoms with Crippen molar-refractivity contribution in [3.05, 3.63) is 22.7 Å². The molecular weight excluding hydrogens is 226 g/mol. The van der Waals surface area contributed by atoms with E-state index in [9.17, 15) is 4.79 Å². The monoisotopic (exact) mass is 241 g/mol. The van der Waals surface area contributed by atoms with Gasteiger partial charge in [-0.2, -0.15) is 0 Å². The molecule has 0 saturated heterocycles. The third-order valence-corrected chi connectivity index (χ3v) is 2.86. The first-order valence-corrected chi connectivity index (χ1v) is 6.07. The molecule has 1 aliphatic rings. The Bertz CT molecular complexity index is 412. The van der Waals surface area contributed by atoms with Gasteiger partial charge in [0.1, 0.15) is 0 Å². The summed E-state index contributed by atoms with van der Waals surface area (Å²) in [6, 6.07) is 0.392. The third kappa shape index (κ3) is 2.76. The normalized spacial score (nSPS) is 17.1. The van der Waals surface area contributed by atoms with Crippen LogP contribution < -0.4 is 10.9 Å². The lowest BCUT2D eigenvalue weighted by atomic mass is 10.3. The zero-order chi connectivity index (χ0) is 11.5. The van der Waals surface area contributed by atoms with Gasteiger partial charge in [-0.15, -0.1) is 11.6 Å². The molecule has 88 valence electrons. The number of hydrogen-bond acceptors (Lipinski definition) is 3. The third-order valence-electron chi connectivity index (χ3n) is 2.64. The predicted octanol–water partition coefficient (Wildman–Crippen LogP) is 2.01. The summed E-state index contributed by atoms with van der Waals surface area (Å²) in [5, 5.41) is 3.15. The predicted molar refractivity (Wildman–Crippen MR) is 65.2 cm³/mol. The van der Waals surface area contributed by atoms with Crippen LogP contribution in [0.3, 0.4) is 0 Å². The second kappa shape index (κ2) is 4.87. The Morgan fingerprint density at radius 2 is 2.44 bits per heavy atom. The van der Waals surface area contributed by atoms with Gasteiger partial charge in [0.05, 0.1) is 0 Å². The highest BCUT2D eigenvalue weighted by Crippen LogP contribution is 2.33. The van der Waals surface area contributed by atoms with Crippen LogP contribution in [0, 0.1) is 0 Å². The molecule has 0 radical (unpaired) electrons. The van der Waals surface area contributed by atoms with Gasteiger partial charge in [0.25, 0.3) is 5.56 Å². The smallest absolute Gasteiger partial charge is 0.293 e. The summed E-state index contributed by atoms with van der Waals surface area (Å²) in [4.78, 5) is 16.0. The minimum absolute atomic E-state index is 0.0211. The van der Waals surface area contributed by atoms with Crippen LogP contribution >= 0.6 is 11.6 Å². The zero-order valence-corrected chi connectivity index (χ0v) is 10.1. The summed E-state index contributed by atoms with van der Waals surface area (Å²) in [5.74, 6) is 0.437. The number of halogens is 1. The first-order valence-electron chi connectivity index (χ1n) is 5.63. The van der Waals surface area contributed by atoms with E-state index in [1.807, 2.05) is 6.92 Å². The van der Waals surface area contributed by atoms with E-state index in [2.05, 4.69) is 10.3 Å². The highest BCUT2D eigenvalue weighted by Gasteiger charge is 2.25. The number of aromatic nitrogens is 2. The largest absolute Gasteiger partial charge is 0.365 e. The molecule has 1 aliphatic carbocycles. The molecule has 1 atom stereocenters. The lowest BCUT2D eigenvalue weighted by Crippen LogP contribution is -2.24. The van der Waals surface area contributed by atoms with Crippen LogP contribution in [0.25, 0.3) is 0 Å². The molecule has 0 spiro atoms. The van der Waals surface area contributed by atoms with E-state index in [1.54, 1.807) is 17.0 Å². The van der Waals surface area contributed by atoms with E-state index in [1.165, 1.54) is 0 Å². The van der Waals surface area contributed by atoms with Crippen molar-refractivity contribution in [1.29, 1.82) is 0 Å². The molecule has 2 rings (SSSR count). The number of nitrogens with one attached hydrogen (secondary N) is 1. The van der Waals surface area contributed by atoms with Gasteiger partial charge in [0.2, 0.25) is 0 Å². The van der Waals surface area contributed by atoms with E-state index in [0.717, 1.165) is 19.3 Å². The molecular formula is C11H16ClN3O. The van der Waals surface area contributed by atoms with E-state index >= 15 is 0 Å². The number of rotatable bonds is 5. The first-order chi connectivity index (χ1) is 7.68. The Morgan fingerprint density at radius 3 is 3.06 bits per heavy atom. The minimum atomic E-state index is -0.0211. The summed E-state index contributed by atoms with van der Waals surface area (Å²) in [6.07, 6.45) is 6.45. The lowest BCUT2D eigenvalue weighted by Gasteiger charge is -2.08. The van der Waals surface area contributed by atoms with Crippen molar-refractivity contribution in [2.45, 2.75) is 37.6 Å². The molecule has 4 nitrogen and oxygen atoms in total. The van der Waals surface area contributed by atoms with Crippen LogP contribution in [-0.2, 0) is 0 Å². The van der Waals surface area contributed by atoms with Crippen molar-refractivity contribution in [1.82, 2.24) is 9.55 Å². The van der Waals surface area contributed by atoms with Gasteiger partial charge in [-0.1, -0.05) is 0 Å². The molecule has 0 aromatic carbocycles. The van der Waals surface area contributed by atoms with Crippen molar-refractivity contribution in [2.75, 3.05) is 11.9 Å². The Balaban J connectivity index is 2.03. The number of anilines is 1. The van der Waals surface area contributed by atoms with Gasteiger partial charge in [-0.25, -0.2) is 4.98 Å². The molecule has 0 aliphatic heterocycles. The van der Waals surface area contributed by atoms with Crippen LogP contribution in [0.15, 0.2) is 17.2 Å². The second-order valence-corrected chi connectivity index (χ2v) is 4.96. The Kier molecular flexibility index (Phi) is 3.49. The van der Waals surface area contributed by atoms with E-state index in [0.29, 0.717) is 18.4 Å². The quantitative estimate of drug-likeness (QED) is 0.803. The first kappa shape index (κ1) is 11.5. The van der Waals surface area contributed by atoms with Gasteiger partial charge in [-0.05, 0) is 26.2 Å². The van der Waals surface area contributed by atoms with E-state index < -0.39 is 0 Å². The van der Waals surface area contributed by atoms with Crippen molar-refractivity contribution in [2.24, 2.45) is 0 Å². The van der Waals surface area contributed by atoms with Gasteiger partial charge < -0.3 is 9.88 Å². The van der Waals surface area contributed by atoms with Crippen LogP contribution in [0.1, 0.15) is 32.2 Å². The molecule has 1 unspecified atom stereocenters. The Hall–Kier alpha value is -1.03. The van der Waals surface area contributed by atoms with E-state index in [-0.39, 0.29) is 10.9 Å². The summed E-state index contributed by atoms with van der Waals surface area (Å²) < 4.78 is 1.76. The standard InChI is InChI=1S/C11H16ClN3O/c1-8(12)4-5-13-10-11(16)15(7-6-14-10)9-2-3-9/h6-9H,2-5H2,1H3,(H,13,14). The van der Waals surface area contributed by atoms with Gasteiger partial charge in [-0.3, -0.25) is 4.79 Å². The summed E-state index contributed by atoms with van der Waals surface area (Å²) in [5.41, 5.74) is -0.0211. The molecule has 1 N–H and O–H groups in total. The molecule has 1 aromatic heterocycles. The summed E-state index contributed by atoms with van der Waals surface area (Å²) in [6.45, 7) is 2.62. The second-order valence-electron chi connectivity index (χ2n) is 4.22. The fourth-order valence-corrected chi connectivity index (χ4v) is 1.68. The number of hydrogen-bond donors (Lipinski definition) is 1. The van der Waals surface area contributed by atoms with Gasteiger partial charge >= 0.3 is 0 Å². The summed E-state index contributed by atoms with van der Waals surface area (Å²) >= 11 is 5.83. The molecule has 16 heavy (non-hydrogen) atoms. The average Bonchev–Trinajstić information content (AvgIpc) is 3.04. The van der Waals surface area contributed by atoms with Crippen LogP contribution in [0.2, 0.25) is 0 Å². The molecule has 0 bridgehead atoms. The minimum Gasteiger partial charge on any atom is -0.365 e. The molecule has 1 heterocycles. The van der Waals surface area contributed by atoms with Gasteiger partial charge in [0.15, 0.2) is 5.82 Å². The highest BCUT2D eigenvalue weighted by atomic mass is 35.5. The maximum Gasteiger partial charge on any atom is 0.293 e. The average molecular weight is 242 g/mol. The van der Waals surface area contributed by atoms with Crippen molar-refractivity contribution in [3.63, 3.8) is 0 Å². The maximum absolute atomic E-state index is 11.9. The van der Waals surface area contributed by atoms with Gasteiger partial charge in [0, 0.05) is 30.4 Å². The molecule has 1 saturated carbocycles. The highest BCUT2D eigenvalue weighted by molar-refractivity contribution is 6.20. The molecule has 1 fully saturated rings. The van der Waals surface area contributed by atoms with Crippen molar-refractivity contribution >= 4 is 17.4 Å². The van der Waals surface area contributed by atoms with Crippen molar-refractivity contribution in [3.8, 4) is 0 Å². The van der Waals surface area contributed by atoms with Crippen LogP contribution in [0.4, 0.5) is 5.82 Å². The topological polar surface area (TPSA) is 46.9 Å². The zero-order valence-electron chi connectivity index (χ0n) is 9.32.